The molecule has 1 aromatic heterocycles. The first-order valence-electron chi connectivity index (χ1n) is 7.77. The predicted octanol–water partition coefficient (Wildman–Crippen LogP) is 1.22. The molecule has 6 heteroatoms. The van der Waals surface area contributed by atoms with Crippen LogP contribution < -0.4 is 4.74 Å². The largest absolute Gasteiger partial charge is 0.477 e. The van der Waals surface area contributed by atoms with Crippen LogP contribution in [0.3, 0.4) is 0 Å². The first kappa shape index (κ1) is 16.7. The van der Waals surface area contributed by atoms with E-state index in [4.69, 9.17) is 4.74 Å². The number of carbonyl (C=O) groups is 1. The minimum absolute atomic E-state index is 0.255. The van der Waals surface area contributed by atoms with E-state index in [-0.39, 0.29) is 5.91 Å². The molecule has 0 spiro atoms. The summed E-state index contributed by atoms with van der Waals surface area (Å²) in [5.41, 5.74) is 0.373. The fraction of sp³-hybridized carbons (Fsp3) is 0.625. The van der Waals surface area contributed by atoms with Crippen molar-refractivity contribution in [2.75, 3.05) is 13.7 Å². The van der Waals surface area contributed by atoms with Crippen LogP contribution in [0.25, 0.3) is 0 Å². The minimum atomic E-state index is -0.927. The van der Waals surface area contributed by atoms with Crippen molar-refractivity contribution < 1.29 is 19.7 Å². The van der Waals surface area contributed by atoms with Gasteiger partial charge in [0.15, 0.2) is 0 Å². The SMILES string of the molecule is CCOc1ncccc1C(=O)N(C)[C@@H]1CCCC[C@@H](O)[C@@H]1O. The van der Waals surface area contributed by atoms with Crippen LogP contribution in [-0.4, -0.2) is 57.9 Å². The lowest BCUT2D eigenvalue weighted by molar-refractivity contribution is -0.0256. The summed E-state index contributed by atoms with van der Waals surface area (Å²) in [6.45, 7) is 2.25. The Morgan fingerprint density at radius 1 is 1.41 bits per heavy atom. The molecule has 1 aromatic rings. The third-order valence-corrected chi connectivity index (χ3v) is 4.14. The van der Waals surface area contributed by atoms with Gasteiger partial charge in [0, 0.05) is 13.2 Å². The van der Waals surface area contributed by atoms with E-state index in [0.29, 0.717) is 30.9 Å². The molecule has 1 amide bonds. The van der Waals surface area contributed by atoms with Gasteiger partial charge < -0.3 is 19.8 Å². The van der Waals surface area contributed by atoms with Crippen LogP contribution in [0.4, 0.5) is 0 Å². The highest BCUT2D eigenvalue weighted by Gasteiger charge is 2.34. The number of aliphatic hydroxyl groups is 2. The van der Waals surface area contributed by atoms with Gasteiger partial charge in [-0.05, 0) is 31.9 Å². The number of likely N-dealkylation sites (N-methyl/N-ethyl adjacent to an activating group) is 1. The van der Waals surface area contributed by atoms with Crippen LogP contribution in [0.15, 0.2) is 18.3 Å². The Labute approximate surface area is 130 Å². The molecule has 1 heterocycles. The molecule has 0 radical (unpaired) electrons. The van der Waals surface area contributed by atoms with Crippen molar-refractivity contribution in [3.05, 3.63) is 23.9 Å². The van der Waals surface area contributed by atoms with Crippen molar-refractivity contribution in [3.8, 4) is 5.88 Å². The third-order valence-electron chi connectivity index (χ3n) is 4.14. The number of pyridine rings is 1. The Balaban J connectivity index is 2.21. The molecule has 1 aliphatic rings. The zero-order valence-corrected chi connectivity index (χ0v) is 13.1. The van der Waals surface area contributed by atoms with Gasteiger partial charge in [-0.25, -0.2) is 4.98 Å². The standard InChI is InChI=1S/C16H24N2O4/c1-3-22-15-11(7-6-10-17-15)16(21)18(2)12-8-4-5-9-13(19)14(12)20/h6-7,10,12-14,19-20H,3-5,8-9H2,1-2H3/t12-,13-,14-/m1/s1. The molecule has 122 valence electrons. The molecule has 6 nitrogen and oxygen atoms in total. The lowest BCUT2D eigenvalue weighted by Gasteiger charge is -2.32. The Morgan fingerprint density at radius 3 is 2.86 bits per heavy atom. The monoisotopic (exact) mass is 308 g/mol. The summed E-state index contributed by atoms with van der Waals surface area (Å²) in [5.74, 6) is 0.0419. The number of rotatable bonds is 4. The topological polar surface area (TPSA) is 82.9 Å². The van der Waals surface area contributed by atoms with Crippen molar-refractivity contribution in [2.24, 2.45) is 0 Å². The second-order valence-electron chi connectivity index (χ2n) is 5.61. The van der Waals surface area contributed by atoms with Gasteiger partial charge >= 0.3 is 0 Å². The summed E-state index contributed by atoms with van der Waals surface area (Å²) in [4.78, 5) is 18.3. The van der Waals surface area contributed by atoms with Gasteiger partial charge in [0.1, 0.15) is 11.7 Å². The Kier molecular flexibility index (Phi) is 5.74. The van der Waals surface area contributed by atoms with Crippen LogP contribution >= 0.6 is 0 Å². The van der Waals surface area contributed by atoms with E-state index in [9.17, 15) is 15.0 Å². The summed E-state index contributed by atoms with van der Waals surface area (Å²) in [7, 11) is 1.65. The van der Waals surface area contributed by atoms with E-state index in [2.05, 4.69) is 4.98 Å². The Hall–Kier alpha value is -1.66. The van der Waals surface area contributed by atoms with Gasteiger partial charge in [0.2, 0.25) is 5.88 Å². The van der Waals surface area contributed by atoms with E-state index in [0.717, 1.165) is 12.8 Å². The number of ether oxygens (including phenoxy) is 1. The fourth-order valence-electron chi connectivity index (χ4n) is 2.87. The van der Waals surface area contributed by atoms with Gasteiger partial charge in [-0.2, -0.15) is 0 Å². The highest BCUT2D eigenvalue weighted by molar-refractivity contribution is 5.96. The smallest absolute Gasteiger partial charge is 0.259 e. The molecule has 0 bridgehead atoms. The fourth-order valence-corrected chi connectivity index (χ4v) is 2.87. The summed E-state index contributed by atoms with van der Waals surface area (Å²) < 4.78 is 5.40. The maximum Gasteiger partial charge on any atom is 0.259 e. The van der Waals surface area contributed by atoms with Crippen molar-refractivity contribution in [2.45, 2.75) is 50.9 Å². The van der Waals surface area contributed by atoms with Crippen LogP contribution in [0.2, 0.25) is 0 Å². The lowest BCUT2D eigenvalue weighted by atomic mass is 10.0. The number of aromatic nitrogens is 1. The number of carbonyl (C=O) groups excluding carboxylic acids is 1. The molecule has 0 saturated heterocycles. The molecular weight excluding hydrogens is 284 g/mol. The van der Waals surface area contributed by atoms with E-state index < -0.39 is 18.2 Å². The van der Waals surface area contributed by atoms with Crippen LogP contribution in [-0.2, 0) is 0 Å². The first-order chi connectivity index (χ1) is 10.6. The lowest BCUT2D eigenvalue weighted by Crippen LogP contribution is -2.48. The van der Waals surface area contributed by atoms with Gasteiger partial charge in [-0.15, -0.1) is 0 Å². The maximum absolute atomic E-state index is 12.7. The van der Waals surface area contributed by atoms with Gasteiger partial charge in [-0.1, -0.05) is 12.8 Å². The molecule has 2 rings (SSSR count). The zero-order chi connectivity index (χ0) is 16.1. The van der Waals surface area contributed by atoms with Gasteiger partial charge in [0.25, 0.3) is 5.91 Å². The van der Waals surface area contributed by atoms with Crippen LogP contribution in [0.1, 0.15) is 43.0 Å². The van der Waals surface area contributed by atoms with E-state index in [1.165, 1.54) is 4.90 Å². The van der Waals surface area contributed by atoms with E-state index >= 15 is 0 Å². The van der Waals surface area contributed by atoms with Crippen LogP contribution in [0, 0.1) is 0 Å². The Bertz CT molecular complexity index is 509. The first-order valence-corrected chi connectivity index (χ1v) is 7.77. The number of aliphatic hydroxyl groups excluding tert-OH is 2. The quantitative estimate of drug-likeness (QED) is 0.817. The molecule has 0 aromatic carbocycles. The molecule has 0 aliphatic heterocycles. The number of amides is 1. The van der Waals surface area contributed by atoms with Crippen molar-refractivity contribution >= 4 is 5.91 Å². The summed E-state index contributed by atoms with van der Waals surface area (Å²) in [6.07, 6.45) is 2.83. The molecule has 2 N–H and O–H groups in total. The third kappa shape index (κ3) is 3.56. The number of hydrogen-bond acceptors (Lipinski definition) is 5. The normalized spacial score (nSPS) is 25.4. The van der Waals surface area contributed by atoms with E-state index in [1.807, 2.05) is 6.92 Å². The molecular formula is C16H24N2O4. The summed E-state index contributed by atoms with van der Waals surface area (Å²) >= 11 is 0. The number of hydrogen-bond donors (Lipinski definition) is 2. The molecule has 0 unspecified atom stereocenters. The molecule has 3 atom stereocenters. The highest BCUT2D eigenvalue weighted by Crippen LogP contribution is 2.25. The summed E-state index contributed by atoms with van der Waals surface area (Å²) in [6, 6.07) is 2.94. The van der Waals surface area contributed by atoms with Crippen molar-refractivity contribution in [3.63, 3.8) is 0 Å². The zero-order valence-electron chi connectivity index (χ0n) is 13.1. The average molecular weight is 308 g/mol. The maximum atomic E-state index is 12.7. The second-order valence-corrected chi connectivity index (χ2v) is 5.61. The van der Waals surface area contributed by atoms with Gasteiger partial charge in [-0.3, -0.25) is 4.79 Å². The predicted molar refractivity (Wildman–Crippen MR) is 81.8 cm³/mol. The minimum Gasteiger partial charge on any atom is -0.477 e. The van der Waals surface area contributed by atoms with Gasteiger partial charge in [0.05, 0.1) is 18.8 Å². The van der Waals surface area contributed by atoms with E-state index in [1.54, 1.807) is 25.4 Å². The average Bonchev–Trinajstić information content (AvgIpc) is 2.69. The van der Waals surface area contributed by atoms with Crippen molar-refractivity contribution in [1.29, 1.82) is 0 Å². The Morgan fingerprint density at radius 2 is 2.14 bits per heavy atom. The highest BCUT2D eigenvalue weighted by atomic mass is 16.5. The summed E-state index contributed by atoms with van der Waals surface area (Å²) in [5, 5.41) is 20.2. The molecule has 1 fully saturated rings. The van der Waals surface area contributed by atoms with Crippen LogP contribution in [0.5, 0.6) is 5.88 Å². The van der Waals surface area contributed by atoms with Crippen molar-refractivity contribution in [1.82, 2.24) is 9.88 Å². The molecule has 22 heavy (non-hydrogen) atoms. The number of nitrogens with zero attached hydrogens (tertiary/aromatic N) is 2. The molecule has 1 aliphatic carbocycles. The molecule has 1 saturated carbocycles. The second kappa shape index (κ2) is 7.56.